The van der Waals surface area contributed by atoms with Gasteiger partial charge in [-0.1, -0.05) is 17.3 Å². The maximum absolute atomic E-state index is 12.7. The first-order chi connectivity index (χ1) is 11.6. The average molecular weight is 328 g/mol. The highest BCUT2D eigenvalue weighted by Gasteiger charge is 2.29. The molecule has 1 fully saturated rings. The van der Waals surface area contributed by atoms with Crippen molar-refractivity contribution in [1.82, 2.24) is 10.1 Å². The molecule has 2 heterocycles. The van der Waals surface area contributed by atoms with Crippen LogP contribution in [0.5, 0.6) is 5.75 Å². The van der Waals surface area contributed by atoms with Crippen LogP contribution in [0, 0.1) is 13.8 Å². The van der Waals surface area contributed by atoms with Gasteiger partial charge in [0.1, 0.15) is 11.5 Å². The molecule has 1 aromatic heterocycles. The monoisotopic (exact) mass is 328 g/mol. The number of rotatable bonds is 5. The molecule has 5 heteroatoms. The molecule has 24 heavy (non-hydrogen) atoms. The summed E-state index contributed by atoms with van der Waals surface area (Å²) >= 11 is 0. The molecule has 3 rings (SSSR count). The van der Waals surface area contributed by atoms with Crippen molar-refractivity contribution in [3.8, 4) is 5.75 Å². The molecule has 0 bridgehead atoms. The molecule has 1 aliphatic rings. The van der Waals surface area contributed by atoms with E-state index in [9.17, 15) is 4.79 Å². The van der Waals surface area contributed by atoms with Crippen LogP contribution in [0.2, 0.25) is 0 Å². The highest BCUT2D eigenvalue weighted by atomic mass is 16.5. The smallest absolute Gasteiger partial charge is 0.223 e. The first kappa shape index (κ1) is 16.6. The van der Waals surface area contributed by atoms with Crippen LogP contribution in [0.4, 0.5) is 0 Å². The summed E-state index contributed by atoms with van der Waals surface area (Å²) in [5.41, 5.74) is 3.12. The molecule has 128 valence electrons. The number of ether oxygens (including phenoxy) is 1. The number of hydrogen-bond donors (Lipinski definition) is 0. The Labute approximate surface area is 142 Å². The molecule has 1 amide bonds. The Morgan fingerprint density at radius 3 is 2.71 bits per heavy atom. The predicted molar refractivity (Wildman–Crippen MR) is 91.0 cm³/mol. The fourth-order valence-corrected chi connectivity index (χ4v) is 3.47. The van der Waals surface area contributed by atoms with E-state index in [1.54, 1.807) is 7.11 Å². The lowest BCUT2D eigenvalue weighted by Gasteiger charge is -2.25. The zero-order valence-corrected chi connectivity index (χ0v) is 14.5. The highest BCUT2D eigenvalue weighted by molar-refractivity contribution is 5.77. The number of likely N-dealkylation sites (tertiary alicyclic amines) is 1. The van der Waals surface area contributed by atoms with Gasteiger partial charge < -0.3 is 14.2 Å². The maximum Gasteiger partial charge on any atom is 0.223 e. The SMILES string of the molecule is COc1ccc([C@H]2CCCN2C(=O)CCc2c(C)noc2C)cc1. The first-order valence-corrected chi connectivity index (χ1v) is 8.45. The van der Waals surface area contributed by atoms with E-state index >= 15 is 0 Å². The van der Waals surface area contributed by atoms with Gasteiger partial charge in [0.05, 0.1) is 18.8 Å². The van der Waals surface area contributed by atoms with Crippen LogP contribution in [0.15, 0.2) is 28.8 Å². The fourth-order valence-electron chi connectivity index (χ4n) is 3.47. The van der Waals surface area contributed by atoms with Crippen LogP contribution >= 0.6 is 0 Å². The third-order valence-electron chi connectivity index (χ3n) is 4.84. The van der Waals surface area contributed by atoms with E-state index in [1.807, 2.05) is 30.9 Å². The van der Waals surface area contributed by atoms with Gasteiger partial charge in [-0.15, -0.1) is 0 Å². The number of methoxy groups -OCH3 is 1. The molecule has 0 N–H and O–H groups in total. The Kier molecular flexibility index (Phi) is 4.88. The third-order valence-corrected chi connectivity index (χ3v) is 4.84. The molecule has 2 aromatic rings. The molecule has 0 spiro atoms. The predicted octanol–water partition coefficient (Wildman–Crippen LogP) is 3.60. The van der Waals surface area contributed by atoms with Gasteiger partial charge in [0.2, 0.25) is 5.91 Å². The van der Waals surface area contributed by atoms with Crippen LogP contribution in [-0.2, 0) is 11.2 Å². The molecule has 0 radical (unpaired) electrons. The fraction of sp³-hybridized carbons (Fsp3) is 0.474. The minimum atomic E-state index is 0.174. The van der Waals surface area contributed by atoms with Crippen molar-refractivity contribution in [2.75, 3.05) is 13.7 Å². The van der Waals surface area contributed by atoms with Gasteiger partial charge in [0.15, 0.2) is 0 Å². The highest BCUT2D eigenvalue weighted by Crippen LogP contribution is 2.33. The summed E-state index contributed by atoms with van der Waals surface area (Å²) in [4.78, 5) is 14.7. The molecular weight excluding hydrogens is 304 g/mol. The maximum atomic E-state index is 12.7. The molecule has 0 aliphatic carbocycles. The number of nitrogens with zero attached hydrogens (tertiary/aromatic N) is 2. The molecule has 0 saturated carbocycles. The van der Waals surface area contributed by atoms with E-state index in [1.165, 1.54) is 5.56 Å². The van der Waals surface area contributed by atoms with Crippen LogP contribution in [0.3, 0.4) is 0 Å². The Hall–Kier alpha value is -2.30. The van der Waals surface area contributed by atoms with Gasteiger partial charge in [0.25, 0.3) is 0 Å². The number of carbonyl (C=O) groups is 1. The summed E-state index contributed by atoms with van der Waals surface area (Å²) in [5, 5.41) is 3.96. The van der Waals surface area contributed by atoms with Crippen molar-refractivity contribution in [2.24, 2.45) is 0 Å². The van der Waals surface area contributed by atoms with Crippen LogP contribution < -0.4 is 4.74 Å². The second kappa shape index (κ2) is 7.07. The molecular formula is C19H24N2O3. The molecule has 1 aromatic carbocycles. The van der Waals surface area contributed by atoms with E-state index in [4.69, 9.17) is 9.26 Å². The lowest BCUT2D eigenvalue weighted by molar-refractivity contribution is -0.132. The first-order valence-electron chi connectivity index (χ1n) is 8.45. The van der Waals surface area contributed by atoms with Gasteiger partial charge in [0, 0.05) is 18.5 Å². The number of aromatic nitrogens is 1. The lowest BCUT2D eigenvalue weighted by atomic mass is 10.0. The Morgan fingerprint density at radius 1 is 1.33 bits per heavy atom. The van der Waals surface area contributed by atoms with E-state index in [0.717, 1.165) is 42.2 Å². The van der Waals surface area contributed by atoms with E-state index in [-0.39, 0.29) is 11.9 Å². The van der Waals surface area contributed by atoms with Crippen molar-refractivity contribution >= 4 is 5.91 Å². The normalized spacial score (nSPS) is 17.3. The minimum Gasteiger partial charge on any atom is -0.497 e. The van der Waals surface area contributed by atoms with Crippen LogP contribution in [-0.4, -0.2) is 29.6 Å². The topological polar surface area (TPSA) is 55.6 Å². The van der Waals surface area contributed by atoms with Crippen LogP contribution in [0.25, 0.3) is 0 Å². The molecule has 1 atom stereocenters. The van der Waals surface area contributed by atoms with Gasteiger partial charge in [-0.2, -0.15) is 0 Å². The van der Waals surface area contributed by atoms with Crippen LogP contribution in [0.1, 0.15) is 47.9 Å². The summed E-state index contributed by atoms with van der Waals surface area (Å²) in [6.45, 7) is 4.65. The summed E-state index contributed by atoms with van der Waals surface area (Å²) in [6.07, 6.45) is 3.25. The standard InChI is InChI=1S/C19H24N2O3/c1-13-17(14(2)24-20-13)10-11-19(22)21-12-4-5-18(21)15-6-8-16(23-3)9-7-15/h6-9,18H,4-5,10-12H2,1-3H3/t18-/m1/s1. The van der Waals surface area contributed by atoms with E-state index in [0.29, 0.717) is 12.8 Å². The van der Waals surface area contributed by atoms with E-state index in [2.05, 4.69) is 17.3 Å². The Balaban J connectivity index is 1.67. The van der Waals surface area contributed by atoms with Crippen molar-refractivity contribution in [3.05, 3.63) is 46.8 Å². The molecule has 5 nitrogen and oxygen atoms in total. The number of hydrogen-bond acceptors (Lipinski definition) is 4. The Morgan fingerprint density at radius 2 is 2.08 bits per heavy atom. The van der Waals surface area contributed by atoms with Gasteiger partial charge >= 0.3 is 0 Å². The summed E-state index contributed by atoms with van der Waals surface area (Å²) in [5.74, 6) is 1.86. The number of benzene rings is 1. The number of amides is 1. The van der Waals surface area contributed by atoms with Crippen molar-refractivity contribution in [3.63, 3.8) is 0 Å². The van der Waals surface area contributed by atoms with Crippen molar-refractivity contribution in [1.29, 1.82) is 0 Å². The molecule has 1 saturated heterocycles. The lowest BCUT2D eigenvalue weighted by Crippen LogP contribution is -2.30. The Bertz CT molecular complexity index is 686. The second-order valence-electron chi connectivity index (χ2n) is 6.32. The third kappa shape index (κ3) is 3.30. The second-order valence-corrected chi connectivity index (χ2v) is 6.32. The van der Waals surface area contributed by atoms with Gasteiger partial charge in [-0.05, 0) is 50.8 Å². The van der Waals surface area contributed by atoms with Crippen molar-refractivity contribution < 1.29 is 14.1 Å². The van der Waals surface area contributed by atoms with E-state index < -0.39 is 0 Å². The van der Waals surface area contributed by atoms with Crippen molar-refractivity contribution in [2.45, 2.75) is 45.6 Å². The largest absolute Gasteiger partial charge is 0.497 e. The summed E-state index contributed by atoms with van der Waals surface area (Å²) < 4.78 is 10.4. The zero-order chi connectivity index (χ0) is 17.1. The average Bonchev–Trinajstić information content (AvgIpc) is 3.20. The molecule has 1 aliphatic heterocycles. The minimum absolute atomic E-state index is 0.174. The summed E-state index contributed by atoms with van der Waals surface area (Å²) in [7, 11) is 1.66. The summed E-state index contributed by atoms with van der Waals surface area (Å²) in [6, 6.07) is 8.21. The molecule has 0 unspecified atom stereocenters. The number of aryl methyl sites for hydroxylation is 2. The van der Waals surface area contributed by atoms with Gasteiger partial charge in [-0.3, -0.25) is 4.79 Å². The zero-order valence-electron chi connectivity index (χ0n) is 14.5. The van der Waals surface area contributed by atoms with Gasteiger partial charge in [-0.25, -0.2) is 0 Å². The quantitative estimate of drug-likeness (QED) is 0.841. The number of carbonyl (C=O) groups excluding carboxylic acids is 1.